The van der Waals surface area contributed by atoms with Crippen LogP contribution in [0.5, 0.6) is 0 Å². The van der Waals surface area contributed by atoms with Crippen LogP contribution in [0.15, 0.2) is 108 Å². The summed E-state index contributed by atoms with van der Waals surface area (Å²) in [6.45, 7) is 22.0. The Balaban J connectivity index is 1.54. The second-order valence-electron chi connectivity index (χ2n) is 18.7. The maximum absolute atomic E-state index is 11.6. The van der Waals surface area contributed by atoms with E-state index in [1.807, 2.05) is 31.2 Å². The summed E-state index contributed by atoms with van der Waals surface area (Å²) in [5, 5.41) is 24.5. The molecule has 2 aliphatic rings. The van der Waals surface area contributed by atoms with Crippen LogP contribution in [-0.2, 0) is 18.4 Å². The molecule has 2 saturated heterocycles. The van der Waals surface area contributed by atoms with Gasteiger partial charge in [0, 0.05) is 12.8 Å². The molecule has 0 aromatic heterocycles. The largest absolute Gasteiger partial charge is 0.405 e. The van der Waals surface area contributed by atoms with Crippen LogP contribution in [0, 0.1) is 11.3 Å². The van der Waals surface area contributed by atoms with Gasteiger partial charge in [-0.15, -0.1) is 23.5 Å². The van der Waals surface area contributed by atoms with Crippen molar-refractivity contribution in [1.82, 2.24) is 0 Å². The molecule has 6 nitrogen and oxygen atoms in total. The lowest BCUT2D eigenvalue weighted by atomic mass is 9.94. The van der Waals surface area contributed by atoms with Crippen molar-refractivity contribution >= 4 is 56.8 Å². The molecule has 0 radical (unpaired) electrons. The minimum absolute atomic E-state index is 0.0306. The molecule has 10 heteroatoms. The van der Waals surface area contributed by atoms with Crippen molar-refractivity contribution in [2.45, 2.75) is 145 Å². The van der Waals surface area contributed by atoms with E-state index in [9.17, 15) is 15.2 Å². The van der Waals surface area contributed by atoms with Gasteiger partial charge in [0.15, 0.2) is 13.9 Å². The Labute approximate surface area is 361 Å². The average Bonchev–Trinajstić information content (AvgIpc) is 3.15. The molecule has 2 aromatic rings. The predicted molar refractivity (Wildman–Crippen MR) is 252 cm³/mol. The first-order valence-electron chi connectivity index (χ1n) is 20.9. The molecule has 58 heavy (non-hydrogen) atoms. The SMILES string of the molecule is C/C(=C/C=C/C=O)CC(C#N)(/C=C/C[C@@H]1CC2(C[C@H](/C=C(\C)C[C@@H](O)CO[Si](c3ccccc3)(c3ccccc3)C(C)(C)C)O1)SCCCS2)O[Si](C)(C)C(C)(C)C. The van der Waals surface area contributed by atoms with Crippen molar-refractivity contribution in [3.05, 3.63) is 108 Å². The molecule has 2 aliphatic heterocycles. The molecule has 2 aromatic carbocycles. The zero-order chi connectivity index (χ0) is 42.7. The molecule has 1 N–H and O–H groups in total. The summed E-state index contributed by atoms with van der Waals surface area (Å²) >= 11 is 4.14. The number of benzene rings is 2. The normalized spacial score (nSPS) is 21.6. The molecular weight excluding hydrogens is 791 g/mol. The fourth-order valence-electron chi connectivity index (χ4n) is 7.95. The summed E-state index contributed by atoms with van der Waals surface area (Å²) in [5.41, 5.74) is 0.922. The van der Waals surface area contributed by atoms with Crippen molar-refractivity contribution in [2.24, 2.45) is 0 Å². The number of aliphatic hydroxyl groups is 1. The maximum atomic E-state index is 11.6. The van der Waals surface area contributed by atoms with Gasteiger partial charge in [-0.25, -0.2) is 0 Å². The van der Waals surface area contributed by atoms with E-state index in [0.29, 0.717) is 19.3 Å². The van der Waals surface area contributed by atoms with Crippen molar-refractivity contribution in [1.29, 1.82) is 5.26 Å². The second-order valence-corrected chi connectivity index (χ2v) is 31.0. The van der Waals surface area contributed by atoms with E-state index < -0.39 is 28.3 Å². The number of rotatable bonds is 17. The van der Waals surface area contributed by atoms with Gasteiger partial charge in [-0.1, -0.05) is 138 Å². The standard InChI is InChI=1S/C48H69NO5S2Si2/c1-38(21-17-18-28-50)33-47(37-49,54-57(9,10)45(3,4)5)27-19-22-41-34-48(55-29-20-30-56-48)35-42(53-41)32-39(2)31-40(51)36-52-58(46(6,7)8,43-23-13-11-14-24-43)44-25-15-12-16-26-44/h11-19,21,23-28,32,40-42,51H,20,22,29-31,33-36H2,1-10H3/b18-17+,27-19+,38-21-,39-32+/t40-,41-,42+,47?/m1/s1. The minimum atomic E-state index is -2.77. The summed E-state index contributed by atoms with van der Waals surface area (Å²) in [7, 11) is -5.11. The summed E-state index contributed by atoms with van der Waals surface area (Å²) in [4.78, 5) is 10.9. The molecule has 0 saturated carbocycles. The number of allylic oxidation sites excluding steroid dienone is 3. The molecule has 2 fully saturated rings. The third-order valence-electron chi connectivity index (χ3n) is 11.7. The Hall–Kier alpha value is -2.47. The van der Waals surface area contributed by atoms with Crippen molar-refractivity contribution < 1.29 is 23.5 Å². The molecule has 4 atom stereocenters. The number of hydrogen-bond donors (Lipinski definition) is 1. The van der Waals surface area contributed by atoms with Gasteiger partial charge in [-0.3, -0.25) is 4.79 Å². The van der Waals surface area contributed by atoms with Gasteiger partial charge < -0.3 is 18.7 Å². The average molecular weight is 860 g/mol. The first-order chi connectivity index (χ1) is 27.3. The number of nitrogens with zero attached hydrogens (tertiary/aromatic N) is 1. The molecular formula is C48H69NO5S2Si2. The van der Waals surface area contributed by atoms with Crippen LogP contribution in [0.3, 0.4) is 0 Å². The molecule has 316 valence electrons. The minimum Gasteiger partial charge on any atom is -0.405 e. The van der Waals surface area contributed by atoms with Crippen LogP contribution in [0.4, 0.5) is 0 Å². The van der Waals surface area contributed by atoms with Gasteiger partial charge in [0.05, 0.1) is 29.0 Å². The number of ether oxygens (including phenoxy) is 1. The van der Waals surface area contributed by atoms with Crippen molar-refractivity contribution in [2.75, 3.05) is 18.1 Å². The van der Waals surface area contributed by atoms with Gasteiger partial charge in [-0.05, 0) is 96.7 Å². The van der Waals surface area contributed by atoms with E-state index in [-0.39, 0.29) is 33.0 Å². The first-order valence-corrected chi connectivity index (χ1v) is 27.7. The zero-order valence-electron chi connectivity index (χ0n) is 36.8. The number of thioether (sulfide) groups is 2. The summed E-state index contributed by atoms with van der Waals surface area (Å²) < 4.78 is 20.9. The molecule has 1 spiro atoms. The van der Waals surface area contributed by atoms with E-state index in [2.05, 4.69) is 152 Å². The molecule has 0 amide bonds. The Morgan fingerprint density at radius 2 is 1.55 bits per heavy atom. The molecule has 0 aliphatic carbocycles. The van der Waals surface area contributed by atoms with E-state index in [1.54, 1.807) is 6.08 Å². The Morgan fingerprint density at radius 1 is 0.948 bits per heavy atom. The predicted octanol–water partition coefficient (Wildman–Crippen LogP) is 10.7. The lowest BCUT2D eigenvalue weighted by molar-refractivity contribution is -0.104. The van der Waals surface area contributed by atoms with E-state index in [4.69, 9.17) is 13.6 Å². The van der Waals surface area contributed by atoms with Gasteiger partial charge in [0.2, 0.25) is 0 Å². The Morgan fingerprint density at radius 3 is 2.09 bits per heavy atom. The number of nitriles is 1. The van der Waals surface area contributed by atoms with E-state index >= 15 is 0 Å². The Kier molecular flexibility index (Phi) is 17.3. The number of aldehydes is 1. The third-order valence-corrected chi connectivity index (χ3v) is 24.6. The maximum Gasteiger partial charge on any atom is 0.261 e. The number of hydrogen-bond acceptors (Lipinski definition) is 8. The number of carbonyl (C=O) groups excluding carboxylic acids is 1. The van der Waals surface area contributed by atoms with Crippen molar-refractivity contribution in [3.8, 4) is 6.07 Å². The van der Waals surface area contributed by atoms with Gasteiger partial charge in [0.25, 0.3) is 8.32 Å². The molecule has 4 rings (SSSR count). The lowest BCUT2D eigenvalue weighted by Gasteiger charge is -2.45. The van der Waals surface area contributed by atoms with Crippen LogP contribution in [0.25, 0.3) is 0 Å². The second kappa shape index (κ2) is 20.9. The molecule has 0 bridgehead atoms. The number of carbonyl (C=O) groups is 1. The highest BCUT2D eigenvalue weighted by Gasteiger charge is 2.50. The first kappa shape index (κ1) is 48.2. The summed E-state index contributed by atoms with van der Waals surface area (Å²) in [6.07, 6.45) is 16.0. The highest BCUT2D eigenvalue weighted by molar-refractivity contribution is 8.18. The van der Waals surface area contributed by atoms with E-state index in [1.165, 1.54) is 22.9 Å². The topological polar surface area (TPSA) is 88.8 Å². The third kappa shape index (κ3) is 12.8. The summed E-state index contributed by atoms with van der Waals surface area (Å²) in [5.74, 6) is 2.29. The van der Waals surface area contributed by atoms with Crippen LogP contribution in [0.2, 0.25) is 23.2 Å². The van der Waals surface area contributed by atoms with Gasteiger partial charge >= 0.3 is 0 Å². The quantitative estimate of drug-likeness (QED) is 0.0553. The fraction of sp³-hybridized carbons (Fsp3) is 0.542. The highest BCUT2D eigenvalue weighted by atomic mass is 32.2. The van der Waals surface area contributed by atoms with Gasteiger partial charge in [0.1, 0.15) is 12.4 Å². The molecule has 1 unspecified atom stereocenters. The smallest absolute Gasteiger partial charge is 0.261 e. The van der Waals surface area contributed by atoms with Crippen LogP contribution in [-0.4, -0.2) is 74.1 Å². The zero-order valence-corrected chi connectivity index (χ0v) is 40.4. The fourth-order valence-corrected chi connectivity index (χ4v) is 17.5. The van der Waals surface area contributed by atoms with Crippen molar-refractivity contribution in [3.63, 3.8) is 0 Å². The lowest BCUT2D eigenvalue weighted by Crippen LogP contribution is -2.67. The van der Waals surface area contributed by atoms with Crippen LogP contribution >= 0.6 is 23.5 Å². The monoisotopic (exact) mass is 859 g/mol. The van der Waals surface area contributed by atoms with Crippen LogP contribution < -0.4 is 10.4 Å². The summed E-state index contributed by atoms with van der Waals surface area (Å²) in [6, 6.07) is 23.7. The Bertz CT molecular complexity index is 1750. The number of aliphatic hydroxyl groups excluding tert-OH is 1. The van der Waals surface area contributed by atoms with Gasteiger partial charge in [-0.2, -0.15) is 5.26 Å². The van der Waals surface area contributed by atoms with Crippen LogP contribution in [0.1, 0.15) is 93.9 Å². The highest BCUT2D eigenvalue weighted by Crippen LogP contribution is 2.52. The molecule has 2 heterocycles. The van der Waals surface area contributed by atoms with E-state index in [0.717, 1.165) is 41.8 Å².